The van der Waals surface area contributed by atoms with Gasteiger partial charge in [0.2, 0.25) is 5.82 Å². The number of benzene rings is 1. The Morgan fingerprint density at radius 3 is 2.74 bits per heavy atom. The molecule has 1 aromatic carbocycles. The third-order valence-corrected chi connectivity index (χ3v) is 6.42. The summed E-state index contributed by atoms with van der Waals surface area (Å²) in [4.78, 5) is 29.4. The van der Waals surface area contributed by atoms with Crippen LogP contribution in [0.3, 0.4) is 0 Å². The lowest BCUT2D eigenvalue weighted by molar-refractivity contribution is -0.132. The first-order valence-corrected chi connectivity index (χ1v) is 11.4. The normalized spacial score (nSPS) is 17.6. The molecule has 176 valence electrons. The zero-order valence-electron chi connectivity index (χ0n) is 18.9. The number of carbonyl (C=O) groups is 1. The lowest BCUT2D eigenvalue weighted by Crippen LogP contribution is -2.35. The van der Waals surface area contributed by atoms with E-state index in [1.807, 2.05) is 30.0 Å². The number of anilines is 1. The monoisotopic (exact) mass is 465 g/mol. The first-order valence-electron chi connectivity index (χ1n) is 11.4. The molecular weight excluding hydrogens is 440 g/mol. The standard InChI is InChI=1S/C25H25F2N5O2/c1-16-18-14-29-25(21-6-2-3-8-28-21)30-20(18)7-11-32(16)17-12-19(26)24(27)22(13-17)34-15-23(33)31-9-4-5-10-31/h2-3,6,8,12-14,16H,4-5,7,9-11,15H2,1H3. The highest BCUT2D eigenvalue weighted by Crippen LogP contribution is 2.36. The van der Waals surface area contributed by atoms with Crippen LogP contribution in [0.5, 0.6) is 5.75 Å². The van der Waals surface area contributed by atoms with Gasteiger partial charge in [-0.15, -0.1) is 0 Å². The number of ether oxygens (including phenoxy) is 1. The van der Waals surface area contributed by atoms with Gasteiger partial charge in [-0.3, -0.25) is 9.78 Å². The zero-order chi connectivity index (χ0) is 23.7. The van der Waals surface area contributed by atoms with E-state index in [9.17, 15) is 13.6 Å². The van der Waals surface area contributed by atoms with Crippen LogP contribution >= 0.6 is 0 Å². The van der Waals surface area contributed by atoms with Crippen LogP contribution in [0.4, 0.5) is 14.5 Å². The van der Waals surface area contributed by atoms with Crippen molar-refractivity contribution < 1.29 is 18.3 Å². The largest absolute Gasteiger partial charge is 0.480 e. The topological polar surface area (TPSA) is 71.5 Å². The molecule has 1 amide bonds. The second-order valence-corrected chi connectivity index (χ2v) is 8.55. The molecule has 9 heteroatoms. The molecule has 1 saturated heterocycles. The van der Waals surface area contributed by atoms with Gasteiger partial charge in [-0.25, -0.2) is 14.4 Å². The molecule has 0 N–H and O–H groups in total. The molecule has 0 radical (unpaired) electrons. The molecule has 3 aromatic rings. The van der Waals surface area contributed by atoms with Crippen LogP contribution in [-0.4, -0.2) is 52.0 Å². The van der Waals surface area contributed by atoms with Crippen molar-refractivity contribution in [3.63, 3.8) is 0 Å². The number of halogens is 2. The Morgan fingerprint density at radius 1 is 1.15 bits per heavy atom. The van der Waals surface area contributed by atoms with Crippen molar-refractivity contribution in [1.82, 2.24) is 19.9 Å². The van der Waals surface area contributed by atoms with E-state index >= 15 is 0 Å². The summed E-state index contributed by atoms with van der Waals surface area (Å²) in [6, 6.07) is 8.04. The van der Waals surface area contributed by atoms with E-state index in [0.29, 0.717) is 43.3 Å². The van der Waals surface area contributed by atoms with Crippen molar-refractivity contribution in [2.24, 2.45) is 0 Å². The number of hydrogen-bond acceptors (Lipinski definition) is 6. The summed E-state index contributed by atoms with van der Waals surface area (Å²) in [5.41, 5.74) is 3.01. The Bertz CT molecular complexity index is 1200. The summed E-state index contributed by atoms with van der Waals surface area (Å²) in [5.74, 6) is -2.02. The van der Waals surface area contributed by atoms with Crippen LogP contribution in [0.2, 0.25) is 0 Å². The maximum atomic E-state index is 14.5. The van der Waals surface area contributed by atoms with Gasteiger partial charge >= 0.3 is 0 Å². The number of aromatic nitrogens is 3. The molecule has 0 spiro atoms. The highest BCUT2D eigenvalue weighted by Gasteiger charge is 2.28. The SMILES string of the molecule is CC1c2cnc(-c3ccccn3)nc2CCN1c1cc(F)c(F)c(OCC(=O)N2CCCC2)c1. The van der Waals surface area contributed by atoms with Gasteiger partial charge in [0, 0.05) is 61.8 Å². The van der Waals surface area contributed by atoms with Crippen molar-refractivity contribution in [3.05, 3.63) is 65.6 Å². The first kappa shape index (κ1) is 22.2. The maximum Gasteiger partial charge on any atom is 0.260 e. The van der Waals surface area contributed by atoms with E-state index < -0.39 is 11.6 Å². The first-order chi connectivity index (χ1) is 16.5. The van der Waals surface area contributed by atoms with Crippen LogP contribution in [0.15, 0.2) is 42.7 Å². The average Bonchev–Trinajstić information content (AvgIpc) is 3.40. The van der Waals surface area contributed by atoms with Crippen LogP contribution < -0.4 is 9.64 Å². The van der Waals surface area contributed by atoms with Crippen molar-refractivity contribution in [3.8, 4) is 17.3 Å². The summed E-state index contributed by atoms with van der Waals surface area (Å²) in [5, 5.41) is 0. The Kier molecular flexibility index (Phi) is 6.08. The van der Waals surface area contributed by atoms with E-state index in [1.165, 1.54) is 6.07 Å². The van der Waals surface area contributed by atoms with Gasteiger partial charge < -0.3 is 14.5 Å². The van der Waals surface area contributed by atoms with Gasteiger partial charge in [0.15, 0.2) is 24.0 Å². The predicted molar refractivity (Wildman–Crippen MR) is 122 cm³/mol. The summed E-state index contributed by atoms with van der Waals surface area (Å²) in [6.45, 7) is 3.56. The highest BCUT2D eigenvalue weighted by molar-refractivity contribution is 5.78. The molecular formula is C25H25F2N5O2. The highest BCUT2D eigenvalue weighted by atomic mass is 19.2. The lowest BCUT2D eigenvalue weighted by atomic mass is 9.98. The van der Waals surface area contributed by atoms with E-state index in [-0.39, 0.29) is 24.3 Å². The van der Waals surface area contributed by atoms with Crippen molar-refractivity contribution in [2.45, 2.75) is 32.2 Å². The Hall–Kier alpha value is -3.62. The number of hydrogen-bond donors (Lipinski definition) is 0. The average molecular weight is 466 g/mol. The summed E-state index contributed by atoms with van der Waals surface area (Å²) >= 11 is 0. The molecule has 5 rings (SSSR count). The minimum atomic E-state index is -1.09. The lowest BCUT2D eigenvalue weighted by Gasteiger charge is -2.36. The molecule has 2 aromatic heterocycles. The molecule has 0 aliphatic carbocycles. The zero-order valence-corrected chi connectivity index (χ0v) is 18.9. The number of amides is 1. The predicted octanol–water partition coefficient (Wildman–Crippen LogP) is 3.94. The minimum absolute atomic E-state index is 0.162. The van der Waals surface area contributed by atoms with Gasteiger partial charge in [0.05, 0.1) is 11.7 Å². The third kappa shape index (κ3) is 4.30. The second kappa shape index (κ2) is 9.32. The Labute approximate surface area is 196 Å². The molecule has 0 saturated carbocycles. The quantitative estimate of drug-likeness (QED) is 0.569. The van der Waals surface area contributed by atoms with Gasteiger partial charge in [-0.1, -0.05) is 6.07 Å². The van der Waals surface area contributed by atoms with Crippen molar-refractivity contribution >= 4 is 11.6 Å². The van der Waals surface area contributed by atoms with E-state index in [0.717, 1.165) is 30.2 Å². The number of carbonyl (C=O) groups excluding carboxylic acids is 1. The van der Waals surface area contributed by atoms with Crippen LogP contribution in [-0.2, 0) is 11.2 Å². The molecule has 2 aliphatic rings. The molecule has 2 aliphatic heterocycles. The third-order valence-electron chi connectivity index (χ3n) is 6.42. The smallest absolute Gasteiger partial charge is 0.260 e. The fraction of sp³-hybridized carbons (Fsp3) is 0.360. The number of pyridine rings is 1. The number of fused-ring (bicyclic) bond motifs is 1. The van der Waals surface area contributed by atoms with Gasteiger partial charge in [-0.05, 0) is 31.9 Å². The summed E-state index contributed by atoms with van der Waals surface area (Å²) in [7, 11) is 0. The fourth-order valence-corrected chi connectivity index (χ4v) is 4.55. The molecule has 1 atom stereocenters. The van der Waals surface area contributed by atoms with Crippen LogP contribution in [0.1, 0.15) is 37.1 Å². The fourth-order valence-electron chi connectivity index (χ4n) is 4.55. The van der Waals surface area contributed by atoms with Crippen molar-refractivity contribution in [2.75, 3.05) is 31.1 Å². The second-order valence-electron chi connectivity index (χ2n) is 8.55. The molecule has 1 unspecified atom stereocenters. The molecule has 4 heterocycles. The van der Waals surface area contributed by atoms with Gasteiger partial charge in [-0.2, -0.15) is 4.39 Å². The van der Waals surface area contributed by atoms with E-state index in [1.54, 1.807) is 17.3 Å². The maximum absolute atomic E-state index is 14.5. The van der Waals surface area contributed by atoms with Gasteiger partial charge in [0.25, 0.3) is 5.91 Å². The number of nitrogens with zero attached hydrogens (tertiary/aromatic N) is 5. The molecule has 1 fully saturated rings. The van der Waals surface area contributed by atoms with Crippen LogP contribution in [0, 0.1) is 11.6 Å². The Balaban J connectivity index is 1.36. The van der Waals surface area contributed by atoms with E-state index in [2.05, 4.69) is 9.97 Å². The Morgan fingerprint density at radius 2 is 1.97 bits per heavy atom. The van der Waals surface area contributed by atoms with Crippen molar-refractivity contribution in [1.29, 1.82) is 0 Å². The molecule has 0 bridgehead atoms. The van der Waals surface area contributed by atoms with E-state index in [4.69, 9.17) is 9.72 Å². The number of likely N-dealkylation sites (tertiary alicyclic amines) is 1. The molecule has 7 nitrogen and oxygen atoms in total. The summed E-state index contributed by atoms with van der Waals surface area (Å²) < 4.78 is 34.4. The summed E-state index contributed by atoms with van der Waals surface area (Å²) in [6.07, 6.45) is 5.99. The van der Waals surface area contributed by atoms with Gasteiger partial charge in [0.1, 0.15) is 5.69 Å². The molecule has 34 heavy (non-hydrogen) atoms. The minimum Gasteiger partial charge on any atom is -0.480 e. The number of rotatable bonds is 5. The van der Waals surface area contributed by atoms with Crippen LogP contribution in [0.25, 0.3) is 11.5 Å².